The summed E-state index contributed by atoms with van der Waals surface area (Å²) in [6.07, 6.45) is 5.45. The molecule has 0 heterocycles. The predicted octanol–water partition coefficient (Wildman–Crippen LogP) is 2.74. The second-order valence-corrected chi connectivity index (χ2v) is 3.33. The Labute approximate surface area is 85.0 Å². The number of carboxylic acids is 1. The molecule has 14 heavy (non-hydrogen) atoms. The van der Waals surface area contributed by atoms with E-state index in [2.05, 4.69) is 13.8 Å². The van der Waals surface area contributed by atoms with Gasteiger partial charge in [-0.25, -0.2) is 4.79 Å². The van der Waals surface area contributed by atoms with Crippen molar-refractivity contribution >= 4 is 5.97 Å². The van der Waals surface area contributed by atoms with E-state index in [0.29, 0.717) is 12.3 Å². The Morgan fingerprint density at radius 2 is 2.21 bits per heavy atom. The van der Waals surface area contributed by atoms with Crippen LogP contribution in [0.3, 0.4) is 0 Å². The van der Waals surface area contributed by atoms with Gasteiger partial charge in [0.05, 0.1) is 0 Å². The van der Waals surface area contributed by atoms with Crippen molar-refractivity contribution in [3.05, 3.63) is 11.6 Å². The Kier molecular flexibility index (Phi) is 6.47. The molecule has 0 radical (unpaired) electrons. The SMILES string of the molecule is CCCC(CC)CC=C(C#N)C(=O)O. The summed E-state index contributed by atoms with van der Waals surface area (Å²) in [7, 11) is 0. The number of nitriles is 1. The molecule has 3 heteroatoms. The number of carbonyl (C=O) groups is 1. The molecule has 0 aromatic rings. The summed E-state index contributed by atoms with van der Waals surface area (Å²) >= 11 is 0. The molecule has 0 rings (SSSR count). The molecule has 0 saturated carbocycles. The minimum absolute atomic E-state index is 0.139. The van der Waals surface area contributed by atoms with Gasteiger partial charge in [-0.15, -0.1) is 0 Å². The van der Waals surface area contributed by atoms with Crippen molar-refractivity contribution in [1.82, 2.24) is 0 Å². The van der Waals surface area contributed by atoms with Crippen molar-refractivity contribution in [1.29, 1.82) is 5.26 Å². The minimum atomic E-state index is -1.13. The lowest BCUT2D eigenvalue weighted by atomic mass is 9.96. The fraction of sp³-hybridized carbons (Fsp3) is 0.636. The van der Waals surface area contributed by atoms with E-state index in [0.717, 1.165) is 19.3 Å². The molecule has 78 valence electrons. The minimum Gasteiger partial charge on any atom is -0.477 e. The molecule has 3 nitrogen and oxygen atoms in total. The molecular formula is C11H17NO2. The number of hydrogen-bond acceptors (Lipinski definition) is 2. The number of aliphatic carboxylic acids is 1. The largest absolute Gasteiger partial charge is 0.477 e. The molecule has 1 N–H and O–H groups in total. The highest BCUT2D eigenvalue weighted by atomic mass is 16.4. The van der Waals surface area contributed by atoms with Gasteiger partial charge in [0, 0.05) is 0 Å². The number of hydrogen-bond donors (Lipinski definition) is 1. The molecule has 0 aromatic carbocycles. The van der Waals surface area contributed by atoms with E-state index < -0.39 is 5.97 Å². The first-order valence-electron chi connectivity index (χ1n) is 4.99. The van der Waals surface area contributed by atoms with E-state index in [1.165, 1.54) is 6.08 Å². The second kappa shape index (κ2) is 7.14. The van der Waals surface area contributed by atoms with Crippen LogP contribution in [0, 0.1) is 17.2 Å². The molecule has 0 aliphatic carbocycles. The van der Waals surface area contributed by atoms with Crippen LogP contribution in [0.1, 0.15) is 39.5 Å². The van der Waals surface area contributed by atoms with E-state index in [9.17, 15) is 4.79 Å². The van der Waals surface area contributed by atoms with Crippen LogP contribution >= 0.6 is 0 Å². The van der Waals surface area contributed by atoms with Crippen molar-refractivity contribution in [2.75, 3.05) is 0 Å². The number of nitrogens with zero attached hydrogens (tertiary/aromatic N) is 1. The van der Waals surface area contributed by atoms with Gasteiger partial charge in [-0.1, -0.05) is 39.2 Å². The predicted molar refractivity (Wildman–Crippen MR) is 54.6 cm³/mol. The summed E-state index contributed by atoms with van der Waals surface area (Å²) in [5.74, 6) is -0.624. The molecule has 0 aromatic heterocycles. The average Bonchev–Trinajstić information content (AvgIpc) is 2.16. The van der Waals surface area contributed by atoms with Crippen molar-refractivity contribution in [2.24, 2.45) is 5.92 Å². The Balaban J connectivity index is 4.23. The van der Waals surface area contributed by atoms with Crippen molar-refractivity contribution in [3.63, 3.8) is 0 Å². The third-order valence-corrected chi connectivity index (χ3v) is 2.28. The zero-order valence-electron chi connectivity index (χ0n) is 8.79. The zero-order valence-corrected chi connectivity index (χ0v) is 8.79. The van der Waals surface area contributed by atoms with Gasteiger partial charge in [-0.05, 0) is 12.3 Å². The average molecular weight is 195 g/mol. The van der Waals surface area contributed by atoms with Gasteiger partial charge in [0.15, 0.2) is 0 Å². The molecule has 0 saturated heterocycles. The van der Waals surface area contributed by atoms with Gasteiger partial charge in [0.25, 0.3) is 0 Å². The lowest BCUT2D eigenvalue weighted by Crippen LogP contribution is -2.01. The monoisotopic (exact) mass is 195 g/mol. The van der Waals surface area contributed by atoms with Gasteiger partial charge in [-0.2, -0.15) is 5.26 Å². The number of allylic oxidation sites excluding steroid dienone is 1. The standard InChI is InChI=1S/C11H17NO2/c1-3-5-9(4-2)6-7-10(8-12)11(13)14/h7,9H,3-6H2,1-2H3,(H,13,14). The van der Waals surface area contributed by atoms with Gasteiger partial charge in [0.1, 0.15) is 11.6 Å². The molecule has 0 aliphatic rings. The normalized spacial score (nSPS) is 13.4. The van der Waals surface area contributed by atoms with E-state index in [-0.39, 0.29) is 5.57 Å². The van der Waals surface area contributed by atoms with Crippen molar-refractivity contribution in [3.8, 4) is 6.07 Å². The first-order valence-corrected chi connectivity index (χ1v) is 4.99. The lowest BCUT2D eigenvalue weighted by molar-refractivity contribution is -0.132. The van der Waals surface area contributed by atoms with Crippen molar-refractivity contribution < 1.29 is 9.90 Å². The highest BCUT2D eigenvalue weighted by molar-refractivity contribution is 5.90. The van der Waals surface area contributed by atoms with E-state index in [1.54, 1.807) is 6.07 Å². The van der Waals surface area contributed by atoms with Gasteiger partial charge in [-0.3, -0.25) is 0 Å². The second-order valence-electron chi connectivity index (χ2n) is 3.33. The van der Waals surface area contributed by atoms with Crippen LogP contribution in [0.4, 0.5) is 0 Å². The summed E-state index contributed by atoms with van der Waals surface area (Å²) in [6.45, 7) is 4.19. The summed E-state index contributed by atoms with van der Waals surface area (Å²) in [4.78, 5) is 10.5. The van der Waals surface area contributed by atoms with Crippen LogP contribution in [0.5, 0.6) is 0 Å². The molecule has 0 spiro atoms. The maximum absolute atomic E-state index is 10.5. The third-order valence-electron chi connectivity index (χ3n) is 2.28. The summed E-state index contributed by atoms with van der Waals surface area (Å²) in [5, 5.41) is 17.1. The van der Waals surface area contributed by atoms with Gasteiger partial charge >= 0.3 is 5.97 Å². The molecule has 0 amide bonds. The first kappa shape index (κ1) is 12.7. The topological polar surface area (TPSA) is 61.1 Å². The maximum Gasteiger partial charge on any atom is 0.346 e. The quantitative estimate of drug-likeness (QED) is 0.523. The van der Waals surface area contributed by atoms with Crippen LogP contribution in [0.2, 0.25) is 0 Å². The first-order chi connectivity index (χ1) is 6.65. The van der Waals surface area contributed by atoms with E-state index in [1.807, 2.05) is 0 Å². The summed E-state index contributed by atoms with van der Waals surface area (Å²) < 4.78 is 0. The van der Waals surface area contributed by atoms with Crippen LogP contribution in [-0.2, 0) is 4.79 Å². The molecular weight excluding hydrogens is 178 g/mol. The third kappa shape index (κ3) is 4.66. The van der Waals surface area contributed by atoms with Gasteiger partial charge < -0.3 is 5.11 Å². The van der Waals surface area contributed by atoms with Crippen LogP contribution < -0.4 is 0 Å². The molecule has 1 atom stereocenters. The van der Waals surface area contributed by atoms with Crippen LogP contribution in [0.15, 0.2) is 11.6 Å². The number of carboxylic acid groups (broad SMARTS) is 1. The molecule has 1 unspecified atom stereocenters. The molecule has 0 fully saturated rings. The fourth-order valence-corrected chi connectivity index (χ4v) is 1.36. The van der Waals surface area contributed by atoms with Crippen LogP contribution in [-0.4, -0.2) is 11.1 Å². The summed E-state index contributed by atoms with van der Waals surface area (Å²) in [5.41, 5.74) is -0.139. The lowest BCUT2D eigenvalue weighted by Gasteiger charge is -2.09. The Morgan fingerprint density at radius 3 is 2.57 bits per heavy atom. The highest BCUT2D eigenvalue weighted by Crippen LogP contribution is 2.16. The Morgan fingerprint density at radius 1 is 1.57 bits per heavy atom. The molecule has 0 bridgehead atoms. The van der Waals surface area contributed by atoms with Gasteiger partial charge in [0.2, 0.25) is 0 Å². The van der Waals surface area contributed by atoms with Crippen molar-refractivity contribution in [2.45, 2.75) is 39.5 Å². The van der Waals surface area contributed by atoms with Crippen LogP contribution in [0.25, 0.3) is 0 Å². The Bertz CT molecular complexity index is 251. The maximum atomic E-state index is 10.5. The van der Waals surface area contributed by atoms with E-state index >= 15 is 0 Å². The zero-order chi connectivity index (χ0) is 11.0. The highest BCUT2D eigenvalue weighted by Gasteiger charge is 2.08. The Hall–Kier alpha value is -1.30. The van der Waals surface area contributed by atoms with E-state index in [4.69, 9.17) is 10.4 Å². The molecule has 0 aliphatic heterocycles. The fourth-order valence-electron chi connectivity index (χ4n) is 1.36. The summed E-state index contributed by atoms with van der Waals surface area (Å²) in [6, 6.07) is 1.68. The smallest absolute Gasteiger partial charge is 0.346 e. The number of rotatable bonds is 6.